The van der Waals surface area contributed by atoms with Gasteiger partial charge in [0.15, 0.2) is 4.90 Å². The Balaban J connectivity index is 2.04. The van der Waals surface area contributed by atoms with E-state index in [1.807, 2.05) is 42.5 Å². The lowest BCUT2D eigenvalue weighted by atomic mass is 10.1. The van der Waals surface area contributed by atoms with E-state index in [4.69, 9.17) is 4.74 Å². The molecule has 2 aromatic carbocycles. The largest absolute Gasteiger partial charge is 0.611 e. The molecule has 2 heterocycles. The number of aromatic nitrogens is 1. The molecule has 0 radical (unpaired) electrons. The van der Waals surface area contributed by atoms with Crippen molar-refractivity contribution in [3.05, 3.63) is 48.0 Å². The van der Waals surface area contributed by atoms with Crippen molar-refractivity contribution in [2.45, 2.75) is 10.6 Å². The van der Waals surface area contributed by atoms with Crippen LogP contribution in [-0.2, 0) is 16.9 Å². The normalized spacial score (nSPS) is 16.8. The van der Waals surface area contributed by atoms with Gasteiger partial charge in [0.25, 0.3) is 0 Å². The molecule has 100 valence electrons. The maximum absolute atomic E-state index is 12.4. The van der Waals surface area contributed by atoms with E-state index in [1.54, 1.807) is 7.11 Å². The first-order valence-electron chi connectivity index (χ1n) is 6.44. The van der Waals surface area contributed by atoms with Gasteiger partial charge in [0.2, 0.25) is 0 Å². The number of hydrogen-bond donors (Lipinski definition) is 1. The molecule has 0 saturated heterocycles. The molecule has 3 nitrogen and oxygen atoms in total. The number of methoxy groups -OCH3 is 1. The summed E-state index contributed by atoms with van der Waals surface area (Å²) in [4.78, 5) is 4.37. The van der Waals surface area contributed by atoms with Gasteiger partial charge in [-0.2, -0.15) is 0 Å². The van der Waals surface area contributed by atoms with Crippen molar-refractivity contribution in [3.63, 3.8) is 0 Å². The van der Waals surface area contributed by atoms with Gasteiger partial charge in [-0.1, -0.05) is 12.1 Å². The quantitative estimate of drug-likeness (QED) is 0.695. The predicted octanol–water partition coefficient (Wildman–Crippen LogP) is 3.46. The molecule has 20 heavy (non-hydrogen) atoms. The molecule has 0 fully saturated rings. The lowest BCUT2D eigenvalue weighted by molar-refractivity contribution is 0.415. The number of H-pyrrole nitrogens is 1. The molecule has 0 aliphatic carbocycles. The SMILES string of the molecule is COc1ccc2[nH]c3c(c2c1)C[S+]([O-])c1ccccc1-3. The fourth-order valence-corrected chi connectivity index (χ4v) is 4.18. The van der Waals surface area contributed by atoms with Crippen LogP contribution in [0.25, 0.3) is 22.2 Å². The highest BCUT2D eigenvalue weighted by Crippen LogP contribution is 2.41. The van der Waals surface area contributed by atoms with Gasteiger partial charge in [-0.05, 0) is 41.5 Å². The molecule has 1 aliphatic heterocycles. The minimum Gasteiger partial charge on any atom is -0.611 e. The summed E-state index contributed by atoms with van der Waals surface area (Å²) in [5, 5.41) is 1.10. The van der Waals surface area contributed by atoms with Crippen LogP contribution in [-0.4, -0.2) is 16.6 Å². The zero-order valence-electron chi connectivity index (χ0n) is 11.0. The van der Waals surface area contributed by atoms with Gasteiger partial charge in [0.05, 0.1) is 18.4 Å². The predicted molar refractivity (Wildman–Crippen MR) is 80.4 cm³/mol. The van der Waals surface area contributed by atoms with Crippen LogP contribution in [0.5, 0.6) is 5.75 Å². The first-order chi connectivity index (χ1) is 9.78. The van der Waals surface area contributed by atoms with Crippen LogP contribution in [0.2, 0.25) is 0 Å². The summed E-state index contributed by atoms with van der Waals surface area (Å²) in [5.41, 5.74) is 4.31. The highest BCUT2D eigenvalue weighted by Gasteiger charge is 2.29. The second-order valence-electron chi connectivity index (χ2n) is 4.88. The molecular weight excluding hydrogens is 270 g/mol. The smallest absolute Gasteiger partial charge is 0.162 e. The Morgan fingerprint density at radius 3 is 2.90 bits per heavy atom. The molecule has 3 aromatic rings. The minimum atomic E-state index is -0.980. The first-order valence-corrected chi connectivity index (χ1v) is 7.76. The molecule has 1 unspecified atom stereocenters. The average Bonchev–Trinajstić information content (AvgIpc) is 2.85. The maximum atomic E-state index is 12.4. The van der Waals surface area contributed by atoms with Gasteiger partial charge < -0.3 is 14.3 Å². The molecule has 4 heteroatoms. The average molecular weight is 283 g/mol. The molecule has 1 aromatic heterocycles. The van der Waals surface area contributed by atoms with Crippen molar-refractivity contribution in [1.82, 2.24) is 4.98 Å². The third kappa shape index (κ3) is 1.58. The Bertz CT molecular complexity index is 809. The zero-order chi connectivity index (χ0) is 13.7. The van der Waals surface area contributed by atoms with Gasteiger partial charge in [-0.25, -0.2) is 0 Å². The molecule has 1 N–H and O–H groups in total. The van der Waals surface area contributed by atoms with Crippen molar-refractivity contribution in [1.29, 1.82) is 0 Å². The molecule has 1 atom stereocenters. The van der Waals surface area contributed by atoms with Crippen molar-refractivity contribution in [2.75, 3.05) is 7.11 Å². The fourth-order valence-electron chi connectivity index (χ4n) is 2.81. The van der Waals surface area contributed by atoms with E-state index >= 15 is 0 Å². The standard InChI is InChI=1S/C16H13NO2S/c1-19-10-6-7-14-12(8-10)13-9-20(18)15-5-3-2-4-11(15)16(13)17-14/h2-8,17H,9H2,1H3. The summed E-state index contributed by atoms with van der Waals surface area (Å²) in [6.45, 7) is 0. The lowest BCUT2D eigenvalue weighted by Crippen LogP contribution is -2.12. The van der Waals surface area contributed by atoms with Gasteiger partial charge in [0, 0.05) is 16.5 Å². The van der Waals surface area contributed by atoms with Gasteiger partial charge in [-0.3, -0.25) is 0 Å². The van der Waals surface area contributed by atoms with Crippen molar-refractivity contribution in [3.8, 4) is 17.0 Å². The van der Waals surface area contributed by atoms with E-state index in [2.05, 4.69) is 4.98 Å². The number of benzene rings is 2. The van der Waals surface area contributed by atoms with E-state index in [9.17, 15) is 4.55 Å². The summed E-state index contributed by atoms with van der Waals surface area (Å²) in [6.07, 6.45) is 0. The fraction of sp³-hybridized carbons (Fsp3) is 0.125. The van der Waals surface area contributed by atoms with Crippen LogP contribution in [0, 0.1) is 0 Å². The van der Waals surface area contributed by atoms with E-state index in [0.717, 1.165) is 38.4 Å². The van der Waals surface area contributed by atoms with Gasteiger partial charge >= 0.3 is 0 Å². The van der Waals surface area contributed by atoms with Crippen molar-refractivity contribution in [2.24, 2.45) is 0 Å². The van der Waals surface area contributed by atoms with Crippen LogP contribution in [0.3, 0.4) is 0 Å². The Morgan fingerprint density at radius 1 is 1.20 bits per heavy atom. The summed E-state index contributed by atoms with van der Waals surface area (Å²) in [5.74, 6) is 1.38. The number of aromatic amines is 1. The number of nitrogens with one attached hydrogen (secondary N) is 1. The molecule has 4 rings (SSSR count). The van der Waals surface area contributed by atoms with Crippen LogP contribution in [0.15, 0.2) is 47.4 Å². The Labute approximate surface area is 119 Å². The highest BCUT2D eigenvalue weighted by molar-refractivity contribution is 7.90. The Hall–Kier alpha value is -1.91. The molecule has 0 saturated carbocycles. The summed E-state index contributed by atoms with van der Waals surface area (Å²) < 4.78 is 17.7. The molecule has 1 aliphatic rings. The summed E-state index contributed by atoms with van der Waals surface area (Å²) >= 11 is -0.980. The van der Waals surface area contributed by atoms with Crippen LogP contribution >= 0.6 is 0 Å². The Kier molecular flexibility index (Phi) is 2.55. The topological polar surface area (TPSA) is 48.1 Å². The van der Waals surface area contributed by atoms with Crippen molar-refractivity contribution >= 4 is 22.1 Å². The maximum Gasteiger partial charge on any atom is 0.162 e. The second-order valence-corrected chi connectivity index (χ2v) is 6.30. The summed E-state index contributed by atoms with van der Waals surface area (Å²) in [6, 6.07) is 13.9. The van der Waals surface area contributed by atoms with Crippen LogP contribution < -0.4 is 4.74 Å². The third-order valence-electron chi connectivity index (χ3n) is 3.79. The molecule has 0 spiro atoms. The molecule has 0 bridgehead atoms. The zero-order valence-corrected chi connectivity index (χ0v) is 11.8. The highest BCUT2D eigenvalue weighted by atomic mass is 32.2. The number of fused-ring (bicyclic) bond motifs is 5. The van der Waals surface area contributed by atoms with E-state index in [1.165, 1.54) is 0 Å². The Morgan fingerprint density at radius 2 is 2.05 bits per heavy atom. The number of ether oxygens (including phenoxy) is 1. The first kappa shape index (κ1) is 11.9. The van der Waals surface area contributed by atoms with Crippen molar-refractivity contribution < 1.29 is 9.29 Å². The third-order valence-corrected chi connectivity index (χ3v) is 5.19. The van der Waals surface area contributed by atoms with Crippen LogP contribution in [0.1, 0.15) is 5.56 Å². The lowest BCUT2D eigenvalue weighted by Gasteiger charge is -2.19. The summed E-state index contributed by atoms with van der Waals surface area (Å²) in [7, 11) is 1.66. The molecule has 0 amide bonds. The number of hydrogen-bond acceptors (Lipinski definition) is 2. The van der Waals surface area contributed by atoms with Crippen LogP contribution in [0.4, 0.5) is 0 Å². The van der Waals surface area contributed by atoms with Gasteiger partial charge in [-0.15, -0.1) is 0 Å². The van der Waals surface area contributed by atoms with E-state index in [0.29, 0.717) is 5.75 Å². The van der Waals surface area contributed by atoms with E-state index < -0.39 is 11.2 Å². The van der Waals surface area contributed by atoms with Gasteiger partial charge in [0.1, 0.15) is 11.5 Å². The number of rotatable bonds is 1. The second kappa shape index (κ2) is 4.30. The monoisotopic (exact) mass is 283 g/mol. The van der Waals surface area contributed by atoms with E-state index in [-0.39, 0.29) is 0 Å². The molecular formula is C16H13NO2S. The minimum absolute atomic E-state index is 0.555.